The molecule has 0 aliphatic carbocycles. The van der Waals surface area contributed by atoms with Crippen LogP contribution in [0.5, 0.6) is 0 Å². The Kier molecular flexibility index (Phi) is 6.76. The number of nitrogens with one attached hydrogen (secondary N) is 2. The van der Waals surface area contributed by atoms with Crippen LogP contribution in [0.3, 0.4) is 0 Å². The van der Waals surface area contributed by atoms with E-state index in [2.05, 4.69) is 20.6 Å². The lowest BCUT2D eigenvalue weighted by Gasteiger charge is -2.32. The first-order valence-corrected chi connectivity index (χ1v) is 9.57. The van der Waals surface area contributed by atoms with Crippen LogP contribution in [0.4, 0.5) is 24.7 Å². The number of piperidine rings is 1. The number of amides is 2. The number of anilines is 2. The number of alkyl halides is 3. The molecule has 0 saturated carbocycles. The van der Waals surface area contributed by atoms with Gasteiger partial charge in [0, 0.05) is 31.4 Å². The Morgan fingerprint density at radius 1 is 1.23 bits per heavy atom. The molecule has 2 aromatic rings. The number of carbonyl (C=O) groups excluding carboxylic acids is 2. The third kappa shape index (κ3) is 5.59. The van der Waals surface area contributed by atoms with Crippen LogP contribution in [0.25, 0.3) is 0 Å². The summed E-state index contributed by atoms with van der Waals surface area (Å²) in [6.07, 6.45) is 0.252. The molecular formula is C19H19ClF3N5O2. The van der Waals surface area contributed by atoms with E-state index < -0.39 is 11.7 Å². The summed E-state index contributed by atoms with van der Waals surface area (Å²) in [7, 11) is 0. The summed E-state index contributed by atoms with van der Waals surface area (Å²) in [5.74, 6) is -0.656. The molecule has 1 aliphatic heterocycles. The van der Waals surface area contributed by atoms with Crippen molar-refractivity contribution in [3.63, 3.8) is 0 Å². The SMILES string of the molecule is O=C(CNC(=O)C1CCN(c2ncc(C(F)(F)F)cc2Cl)CC1)Nc1cccnc1. The molecule has 11 heteroatoms. The summed E-state index contributed by atoms with van der Waals surface area (Å²) in [6.45, 7) is 0.663. The van der Waals surface area contributed by atoms with Crippen molar-refractivity contribution in [1.82, 2.24) is 15.3 Å². The Labute approximate surface area is 175 Å². The van der Waals surface area contributed by atoms with Crippen LogP contribution in [0, 0.1) is 5.92 Å². The van der Waals surface area contributed by atoms with E-state index in [1.54, 1.807) is 23.2 Å². The summed E-state index contributed by atoms with van der Waals surface area (Å²) in [5, 5.41) is 5.15. The first-order chi connectivity index (χ1) is 14.2. The molecule has 2 aromatic heterocycles. The van der Waals surface area contributed by atoms with Crippen LogP contribution < -0.4 is 15.5 Å². The second-order valence-corrected chi connectivity index (χ2v) is 7.20. The zero-order valence-corrected chi connectivity index (χ0v) is 16.5. The van der Waals surface area contributed by atoms with E-state index in [1.807, 2.05) is 0 Å². The van der Waals surface area contributed by atoms with E-state index in [4.69, 9.17) is 11.6 Å². The first-order valence-electron chi connectivity index (χ1n) is 9.19. The predicted molar refractivity (Wildman–Crippen MR) is 105 cm³/mol. The van der Waals surface area contributed by atoms with Gasteiger partial charge in [0.2, 0.25) is 11.8 Å². The van der Waals surface area contributed by atoms with Gasteiger partial charge in [-0.05, 0) is 31.0 Å². The van der Waals surface area contributed by atoms with Gasteiger partial charge in [-0.25, -0.2) is 4.98 Å². The molecule has 1 aliphatic rings. The largest absolute Gasteiger partial charge is 0.417 e. The molecule has 3 rings (SSSR count). The van der Waals surface area contributed by atoms with E-state index >= 15 is 0 Å². The van der Waals surface area contributed by atoms with Crippen LogP contribution in [0.1, 0.15) is 18.4 Å². The van der Waals surface area contributed by atoms with Gasteiger partial charge >= 0.3 is 6.18 Å². The molecule has 1 saturated heterocycles. The van der Waals surface area contributed by atoms with E-state index in [1.165, 1.54) is 6.20 Å². The highest BCUT2D eigenvalue weighted by molar-refractivity contribution is 6.33. The molecule has 160 valence electrons. The lowest BCUT2D eigenvalue weighted by atomic mass is 9.96. The zero-order chi connectivity index (χ0) is 21.7. The topological polar surface area (TPSA) is 87.2 Å². The molecule has 3 heterocycles. The van der Waals surface area contributed by atoms with E-state index in [9.17, 15) is 22.8 Å². The van der Waals surface area contributed by atoms with Crippen LogP contribution in [0.2, 0.25) is 5.02 Å². The standard InChI is InChI=1S/C19H19ClF3N5O2/c20-15-8-13(19(21,22)23)9-25-17(15)28-6-3-12(4-7-28)18(30)26-11-16(29)27-14-2-1-5-24-10-14/h1-2,5,8-10,12H,3-4,6-7,11H2,(H,26,30)(H,27,29). The molecule has 7 nitrogen and oxygen atoms in total. The average Bonchev–Trinajstić information content (AvgIpc) is 2.72. The number of hydrogen-bond donors (Lipinski definition) is 2. The van der Waals surface area contributed by atoms with Gasteiger partial charge in [0.15, 0.2) is 0 Å². The normalized spacial score (nSPS) is 15.0. The molecule has 0 spiro atoms. The third-order valence-electron chi connectivity index (χ3n) is 4.68. The maximum atomic E-state index is 12.7. The molecular weight excluding hydrogens is 423 g/mol. The van der Waals surface area contributed by atoms with E-state index in [-0.39, 0.29) is 35.1 Å². The fraction of sp³-hybridized carbons (Fsp3) is 0.368. The molecule has 2 amide bonds. The summed E-state index contributed by atoms with van der Waals surface area (Å²) >= 11 is 5.99. The minimum absolute atomic E-state index is 0.0835. The Hall–Kier alpha value is -2.88. The number of nitrogens with zero attached hydrogens (tertiary/aromatic N) is 3. The quantitative estimate of drug-likeness (QED) is 0.744. The van der Waals surface area contributed by atoms with Gasteiger partial charge in [-0.3, -0.25) is 14.6 Å². The third-order valence-corrected chi connectivity index (χ3v) is 4.96. The summed E-state index contributed by atoms with van der Waals surface area (Å²) in [4.78, 5) is 33.7. The number of pyridine rings is 2. The number of rotatable bonds is 5. The highest BCUT2D eigenvalue weighted by Gasteiger charge is 2.33. The number of halogens is 4. The second-order valence-electron chi connectivity index (χ2n) is 6.80. The minimum Gasteiger partial charge on any atom is -0.355 e. The van der Waals surface area contributed by atoms with Crippen molar-refractivity contribution in [3.8, 4) is 0 Å². The Bertz CT molecular complexity index is 903. The maximum Gasteiger partial charge on any atom is 0.417 e. The zero-order valence-electron chi connectivity index (χ0n) is 15.7. The maximum absolute atomic E-state index is 12.7. The molecule has 2 N–H and O–H groups in total. The van der Waals surface area contributed by atoms with Gasteiger partial charge in [-0.2, -0.15) is 13.2 Å². The van der Waals surface area contributed by atoms with E-state index in [0.717, 1.165) is 12.3 Å². The molecule has 0 aromatic carbocycles. The monoisotopic (exact) mass is 441 g/mol. The second kappa shape index (κ2) is 9.29. The number of carbonyl (C=O) groups is 2. The van der Waals surface area contributed by atoms with Crippen LogP contribution in [-0.2, 0) is 15.8 Å². The van der Waals surface area contributed by atoms with Crippen LogP contribution >= 0.6 is 11.6 Å². The summed E-state index contributed by atoms with van der Waals surface area (Å²) in [5.41, 5.74) is -0.374. The fourth-order valence-electron chi connectivity index (χ4n) is 3.13. The van der Waals surface area contributed by atoms with Gasteiger partial charge in [0.1, 0.15) is 5.82 Å². The Morgan fingerprint density at radius 2 is 1.97 bits per heavy atom. The van der Waals surface area contributed by atoms with Gasteiger partial charge in [-0.15, -0.1) is 0 Å². The Balaban J connectivity index is 1.48. The molecule has 0 radical (unpaired) electrons. The van der Waals surface area contributed by atoms with Crippen molar-refractivity contribution in [2.24, 2.45) is 5.92 Å². The van der Waals surface area contributed by atoms with Crippen LogP contribution in [0.15, 0.2) is 36.8 Å². The van der Waals surface area contributed by atoms with Crippen LogP contribution in [-0.4, -0.2) is 41.4 Å². The number of hydrogen-bond acceptors (Lipinski definition) is 5. The van der Waals surface area contributed by atoms with Crippen molar-refractivity contribution in [2.75, 3.05) is 29.9 Å². The molecule has 0 atom stereocenters. The van der Waals surface area contributed by atoms with Crippen molar-refractivity contribution in [3.05, 3.63) is 47.4 Å². The highest BCUT2D eigenvalue weighted by atomic mass is 35.5. The molecule has 1 fully saturated rings. The lowest BCUT2D eigenvalue weighted by molar-refractivity contribution is -0.137. The fourth-order valence-corrected chi connectivity index (χ4v) is 3.41. The molecule has 0 unspecified atom stereocenters. The molecule has 0 bridgehead atoms. The van der Waals surface area contributed by atoms with Crippen molar-refractivity contribution >= 4 is 34.9 Å². The van der Waals surface area contributed by atoms with Gasteiger partial charge in [-0.1, -0.05) is 11.6 Å². The highest BCUT2D eigenvalue weighted by Crippen LogP contribution is 2.34. The summed E-state index contributed by atoms with van der Waals surface area (Å²) < 4.78 is 38.2. The van der Waals surface area contributed by atoms with Gasteiger partial charge in [0.25, 0.3) is 0 Å². The lowest BCUT2D eigenvalue weighted by Crippen LogP contribution is -2.42. The first kappa shape index (κ1) is 21.8. The van der Waals surface area contributed by atoms with Gasteiger partial charge in [0.05, 0.1) is 29.0 Å². The minimum atomic E-state index is -4.51. The van der Waals surface area contributed by atoms with Crippen molar-refractivity contribution < 1.29 is 22.8 Å². The Morgan fingerprint density at radius 3 is 2.57 bits per heavy atom. The van der Waals surface area contributed by atoms with Crippen molar-refractivity contribution in [2.45, 2.75) is 19.0 Å². The van der Waals surface area contributed by atoms with Crippen molar-refractivity contribution in [1.29, 1.82) is 0 Å². The van der Waals surface area contributed by atoms with Gasteiger partial charge < -0.3 is 15.5 Å². The smallest absolute Gasteiger partial charge is 0.355 e. The van der Waals surface area contributed by atoms with E-state index in [0.29, 0.717) is 31.6 Å². The average molecular weight is 442 g/mol. The predicted octanol–water partition coefficient (Wildman–Crippen LogP) is 3.12. The summed E-state index contributed by atoms with van der Waals surface area (Å²) in [6, 6.07) is 4.21. The molecule has 30 heavy (non-hydrogen) atoms. The number of aromatic nitrogens is 2.